The van der Waals surface area contributed by atoms with Crippen molar-refractivity contribution in [2.45, 2.75) is 245 Å². The Bertz CT molecular complexity index is 1630. The van der Waals surface area contributed by atoms with Crippen LogP contribution in [-0.2, 0) is 28.6 Å². The van der Waals surface area contributed by atoms with Gasteiger partial charge in [-0.25, -0.2) is 0 Å². The Morgan fingerprint density at radius 3 is 0.918 bits per heavy atom. The number of carbonyl (C=O) groups is 3. The summed E-state index contributed by atoms with van der Waals surface area (Å²) in [7, 11) is 0. The van der Waals surface area contributed by atoms with Gasteiger partial charge in [-0.2, -0.15) is 0 Å². The van der Waals surface area contributed by atoms with E-state index in [9.17, 15) is 14.4 Å². The quantitative estimate of drug-likeness (QED) is 0.0261. The first-order valence-electron chi connectivity index (χ1n) is 29.3. The van der Waals surface area contributed by atoms with E-state index in [1.54, 1.807) is 0 Å². The SMILES string of the molecule is CC/C=C\C/C=C\C/C=C\C/C=C\C/C=C\C/C=C\C/C=C\C/C=C\C/C=C\CCCC(=O)OCC(COC(=O)CCCCCCCCC)OC(=O)CCCCCCCC/C=C\C/C=C\C/C=C\CCCCC. The number of rotatable bonds is 51. The molecule has 0 aliphatic heterocycles. The molecule has 0 aliphatic carbocycles. The Morgan fingerprint density at radius 1 is 0.288 bits per heavy atom. The minimum Gasteiger partial charge on any atom is -0.462 e. The highest BCUT2D eigenvalue weighted by Crippen LogP contribution is 2.13. The molecule has 0 aromatic heterocycles. The third-order valence-corrected chi connectivity index (χ3v) is 11.8. The molecule has 73 heavy (non-hydrogen) atoms. The Morgan fingerprint density at radius 2 is 0.548 bits per heavy atom. The van der Waals surface area contributed by atoms with Gasteiger partial charge < -0.3 is 14.2 Å². The average molecular weight is 1010 g/mol. The van der Waals surface area contributed by atoms with Crippen molar-refractivity contribution in [2.75, 3.05) is 13.2 Å². The molecule has 0 radical (unpaired) electrons. The Hall–Kier alpha value is -4.71. The second-order valence-electron chi connectivity index (χ2n) is 18.8. The van der Waals surface area contributed by atoms with Crippen molar-refractivity contribution >= 4 is 17.9 Å². The highest BCUT2D eigenvalue weighted by molar-refractivity contribution is 5.71. The van der Waals surface area contributed by atoms with Gasteiger partial charge in [-0.05, 0) is 122 Å². The highest BCUT2D eigenvalue weighted by Gasteiger charge is 2.19. The zero-order valence-corrected chi connectivity index (χ0v) is 46.8. The maximum absolute atomic E-state index is 12.8. The van der Waals surface area contributed by atoms with E-state index >= 15 is 0 Å². The maximum Gasteiger partial charge on any atom is 0.306 e. The fraction of sp³-hybridized carbons (Fsp3) is 0.597. The molecule has 0 spiro atoms. The molecular formula is C67H106O6. The van der Waals surface area contributed by atoms with Gasteiger partial charge in [0.05, 0.1) is 0 Å². The molecule has 0 saturated carbocycles. The van der Waals surface area contributed by atoms with Crippen molar-refractivity contribution in [3.05, 3.63) is 146 Å². The van der Waals surface area contributed by atoms with Gasteiger partial charge in [0.2, 0.25) is 0 Å². The summed E-state index contributed by atoms with van der Waals surface area (Å²) >= 11 is 0. The number of hydrogen-bond acceptors (Lipinski definition) is 6. The Labute approximate surface area is 448 Å². The minimum absolute atomic E-state index is 0.106. The van der Waals surface area contributed by atoms with E-state index in [0.717, 1.165) is 128 Å². The fourth-order valence-electron chi connectivity index (χ4n) is 7.45. The summed E-state index contributed by atoms with van der Waals surface area (Å²) in [5, 5.41) is 0. The van der Waals surface area contributed by atoms with Crippen LogP contribution >= 0.6 is 0 Å². The molecule has 0 aliphatic rings. The lowest BCUT2D eigenvalue weighted by atomic mass is 10.1. The summed E-state index contributed by atoms with van der Waals surface area (Å²) in [4.78, 5) is 37.9. The fourth-order valence-corrected chi connectivity index (χ4v) is 7.45. The smallest absolute Gasteiger partial charge is 0.306 e. The molecule has 0 fully saturated rings. The molecule has 6 nitrogen and oxygen atoms in total. The predicted molar refractivity (Wildman–Crippen MR) is 315 cm³/mol. The summed E-state index contributed by atoms with van der Waals surface area (Å²) in [6, 6.07) is 0. The van der Waals surface area contributed by atoms with Crippen LogP contribution in [0.5, 0.6) is 0 Å². The standard InChI is InChI=1S/C67H106O6/c1-4-7-10-13-16-18-20-22-24-26-28-29-30-31-32-33-34-35-36-37-39-40-42-44-46-48-51-54-57-60-66(69)72-63-64(62-71-65(68)59-56-53-50-15-12-9-6-3)73-67(70)61-58-55-52-49-47-45-43-41-38-27-25-23-21-19-17-14-11-8-5-2/h7,10,16-19,22-25,28-29,31-32,34-35,37-39,41-42,44,48,51,64H,4-6,8-9,11-15,20-21,26-27,30,33,36,40,43,45-47,49-50,52-63H2,1-3H3/b10-7-,18-16-,19-17-,24-22-,25-23-,29-28-,32-31-,35-34-,39-37-,41-38-,44-42-,51-48-. The number of esters is 3. The molecule has 1 unspecified atom stereocenters. The van der Waals surface area contributed by atoms with Crippen LogP contribution in [-0.4, -0.2) is 37.2 Å². The third-order valence-electron chi connectivity index (χ3n) is 11.8. The number of hydrogen-bond donors (Lipinski definition) is 0. The van der Waals surface area contributed by atoms with Crippen molar-refractivity contribution in [1.82, 2.24) is 0 Å². The topological polar surface area (TPSA) is 78.9 Å². The van der Waals surface area contributed by atoms with Crippen LogP contribution in [0.2, 0.25) is 0 Å². The van der Waals surface area contributed by atoms with Crippen LogP contribution in [0.15, 0.2) is 146 Å². The lowest BCUT2D eigenvalue weighted by Gasteiger charge is -2.18. The van der Waals surface area contributed by atoms with Gasteiger partial charge in [-0.3, -0.25) is 14.4 Å². The molecule has 0 aromatic carbocycles. The van der Waals surface area contributed by atoms with Crippen LogP contribution in [0.1, 0.15) is 239 Å². The number of ether oxygens (including phenoxy) is 3. The Kier molecular flexibility index (Phi) is 56.0. The van der Waals surface area contributed by atoms with Gasteiger partial charge in [0.1, 0.15) is 13.2 Å². The van der Waals surface area contributed by atoms with Crippen molar-refractivity contribution in [2.24, 2.45) is 0 Å². The van der Waals surface area contributed by atoms with Gasteiger partial charge in [0, 0.05) is 19.3 Å². The molecule has 0 N–H and O–H groups in total. The lowest BCUT2D eigenvalue weighted by molar-refractivity contribution is -0.167. The van der Waals surface area contributed by atoms with Crippen molar-refractivity contribution < 1.29 is 28.6 Å². The molecule has 1 atom stereocenters. The normalized spacial score (nSPS) is 13.2. The van der Waals surface area contributed by atoms with E-state index in [1.165, 1.54) is 64.2 Å². The summed E-state index contributed by atoms with van der Waals surface area (Å²) in [5.74, 6) is -0.995. The second kappa shape index (κ2) is 59.8. The van der Waals surface area contributed by atoms with Crippen LogP contribution in [0.4, 0.5) is 0 Å². The monoisotopic (exact) mass is 1010 g/mol. The number of allylic oxidation sites excluding steroid dienone is 24. The van der Waals surface area contributed by atoms with E-state index in [4.69, 9.17) is 14.2 Å². The molecule has 0 heterocycles. The zero-order valence-electron chi connectivity index (χ0n) is 46.8. The summed E-state index contributed by atoms with van der Waals surface area (Å²) in [6.07, 6.45) is 85.8. The molecule has 6 heteroatoms. The summed E-state index contributed by atoms with van der Waals surface area (Å²) in [6.45, 7) is 6.38. The molecule has 410 valence electrons. The van der Waals surface area contributed by atoms with Gasteiger partial charge in [-0.1, -0.05) is 244 Å². The van der Waals surface area contributed by atoms with Crippen LogP contribution in [0.3, 0.4) is 0 Å². The highest BCUT2D eigenvalue weighted by atomic mass is 16.6. The van der Waals surface area contributed by atoms with E-state index < -0.39 is 6.10 Å². The molecule has 0 aromatic rings. The molecule has 0 bridgehead atoms. The van der Waals surface area contributed by atoms with Crippen molar-refractivity contribution in [3.8, 4) is 0 Å². The molecule has 0 amide bonds. The van der Waals surface area contributed by atoms with Gasteiger partial charge in [0.15, 0.2) is 6.10 Å². The average Bonchev–Trinajstić information content (AvgIpc) is 3.39. The largest absolute Gasteiger partial charge is 0.462 e. The van der Waals surface area contributed by atoms with Gasteiger partial charge in [-0.15, -0.1) is 0 Å². The van der Waals surface area contributed by atoms with Gasteiger partial charge in [0.25, 0.3) is 0 Å². The van der Waals surface area contributed by atoms with Crippen LogP contribution in [0, 0.1) is 0 Å². The van der Waals surface area contributed by atoms with Crippen molar-refractivity contribution in [1.29, 1.82) is 0 Å². The molecule has 0 saturated heterocycles. The Balaban J connectivity index is 4.35. The maximum atomic E-state index is 12.8. The predicted octanol–water partition coefficient (Wildman–Crippen LogP) is 20.0. The molecule has 0 rings (SSSR count). The van der Waals surface area contributed by atoms with E-state index in [2.05, 4.69) is 167 Å². The van der Waals surface area contributed by atoms with E-state index in [-0.39, 0.29) is 37.5 Å². The third kappa shape index (κ3) is 58.1. The zero-order chi connectivity index (χ0) is 52.9. The van der Waals surface area contributed by atoms with Crippen LogP contribution < -0.4 is 0 Å². The number of unbranched alkanes of at least 4 members (excludes halogenated alkanes) is 16. The second-order valence-corrected chi connectivity index (χ2v) is 18.8. The van der Waals surface area contributed by atoms with Crippen LogP contribution in [0.25, 0.3) is 0 Å². The first kappa shape index (κ1) is 68.3. The number of carbonyl (C=O) groups excluding carboxylic acids is 3. The van der Waals surface area contributed by atoms with Crippen molar-refractivity contribution in [3.63, 3.8) is 0 Å². The van der Waals surface area contributed by atoms with Gasteiger partial charge >= 0.3 is 17.9 Å². The lowest BCUT2D eigenvalue weighted by Crippen LogP contribution is -2.30. The molecular weight excluding hydrogens is 901 g/mol. The minimum atomic E-state index is -0.812. The first-order chi connectivity index (χ1) is 36.0. The van der Waals surface area contributed by atoms with E-state index in [0.29, 0.717) is 19.3 Å². The first-order valence-corrected chi connectivity index (χ1v) is 29.3. The summed E-state index contributed by atoms with van der Waals surface area (Å²) in [5.41, 5.74) is 0. The van der Waals surface area contributed by atoms with E-state index in [1.807, 2.05) is 0 Å². The summed E-state index contributed by atoms with van der Waals surface area (Å²) < 4.78 is 16.7.